The number of carbonyl (C=O) groups excluding carboxylic acids is 1. The molecule has 0 aromatic heterocycles. The summed E-state index contributed by atoms with van der Waals surface area (Å²) in [4.78, 5) is 10.6. The summed E-state index contributed by atoms with van der Waals surface area (Å²) in [5, 5.41) is 2.51. The molecule has 4 nitrogen and oxygen atoms in total. The first-order valence-corrected chi connectivity index (χ1v) is 3.79. The molecule has 0 atom stereocenters. The molecule has 4 heteroatoms. The van der Waals surface area contributed by atoms with Crippen molar-refractivity contribution in [1.82, 2.24) is 5.32 Å². The molecule has 0 rings (SSSR count). The van der Waals surface area contributed by atoms with Crippen molar-refractivity contribution in [3.63, 3.8) is 0 Å². The summed E-state index contributed by atoms with van der Waals surface area (Å²) in [6.45, 7) is 5.76. The fourth-order valence-electron chi connectivity index (χ4n) is 0.533. The van der Waals surface area contributed by atoms with E-state index in [-0.39, 0.29) is 6.09 Å². The minimum absolute atomic E-state index is 0.319. The molecule has 66 valence electrons. The van der Waals surface area contributed by atoms with Gasteiger partial charge in [-0.15, -0.1) is 0 Å². The number of carbonyl (C=O) groups is 1. The second-order valence-electron chi connectivity index (χ2n) is 1.86. The lowest BCUT2D eigenvalue weighted by atomic mass is 10.7. The lowest BCUT2D eigenvalue weighted by Crippen LogP contribution is -2.25. The predicted molar refractivity (Wildman–Crippen MR) is 41.5 cm³/mol. The van der Waals surface area contributed by atoms with Crippen LogP contribution in [0.25, 0.3) is 0 Å². The van der Waals surface area contributed by atoms with E-state index in [1.54, 1.807) is 0 Å². The van der Waals surface area contributed by atoms with Crippen LogP contribution in [-0.4, -0.2) is 32.5 Å². The van der Waals surface area contributed by atoms with Crippen LogP contribution in [0.1, 0.15) is 13.8 Å². The molecule has 0 aliphatic carbocycles. The van der Waals surface area contributed by atoms with Crippen molar-refractivity contribution in [3.05, 3.63) is 0 Å². The summed E-state index contributed by atoms with van der Waals surface area (Å²) >= 11 is 0. The summed E-state index contributed by atoms with van der Waals surface area (Å²) in [7, 11) is 0. The van der Waals surface area contributed by atoms with Crippen LogP contribution >= 0.6 is 0 Å². The van der Waals surface area contributed by atoms with E-state index in [0.717, 1.165) is 0 Å². The third-order valence-corrected chi connectivity index (χ3v) is 0.986. The third kappa shape index (κ3) is 7.12. The van der Waals surface area contributed by atoms with Crippen LogP contribution in [0.3, 0.4) is 0 Å². The van der Waals surface area contributed by atoms with Gasteiger partial charge in [-0.05, 0) is 13.8 Å². The Morgan fingerprint density at radius 3 is 2.64 bits per heavy atom. The molecule has 0 bridgehead atoms. The highest BCUT2D eigenvalue weighted by molar-refractivity contribution is 5.66. The number of rotatable bonds is 5. The topological polar surface area (TPSA) is 47.6 Å². The number of nitrogens with one attached hydrogen (secondary N) is 1. The average molecular weight is 161 g/mol. The van der Waals surface area contributed by atoms with Crippen molar-refractivity contribution in [2.75, 3.05) is 26.4 Å². The molecule has 0 spiro atoms. The Balaban J connectivity index is 3.04. The maximum Gasteiger partial charge on any atom is 0.407 e. The summed E-state index contributed by atoms with van der Waals surface area (Å²) in [6, 6.07) is 0. The van der Waals surface area contributed by atoms with Crippen LogP contribution in [0.2, 0.25) is 0 Å². The zero-order chi connectivity index (χ0) is 8.53. The molecule has 0 saturated carbocycles. The zero-order valence-electron chi connectivity index (χ0n) is 7.05. The maximum absolute atomic E-state index is 10.6. The largest absolute Gasteiger partial charge is 0.447 e. The van der Waals surface area contributed by atoms with Crippen LogP contribution in [0, 0.1) is 0 Å². The lowest BCUT2D eigenvalue weighted by molar-refractivity contribution is 0.0791. The van der Waals surface area contributed by atoms with Crippen molar-refractivity contribution in [1.29, 1.82) is 0 Å². The third-order valence-electron chi connectivity index (χ3n) is 0.986. The van der Waals surface area contributed by atoms with Crippen LogP contribution in [0.5, 0.6) is 0 Å². The van der Waals surface area contributed by atoms with Crippen molar-refractivity contribution >= 4 is 6.09 Å². The van der Waals surface area contributed by atoms with Gasteiger partial charge in [-0.1, -0.05) is 0 Å². The highest BCUT2D eigenvalue weighted by atomic mass is 16.6. The van der Waals surface area contributed by atoms with E-state index in [4.69, 9.17) is 9.47 Å². The van der Waals surface area contributed by atoms with Crippen molar-refractivity contribution in [3.8, 4) is 0 Å². The van der Waals surface area contributed by atoms with E-state index in [2.05, 4.69) is 5.32 Å². The summed E-state index contributed by atoms with van der Waals surface area (Å²) < 4.78 is 9.67. The first kappa shape index (κ1) is 10.2. The Bertz CT molecular complexity index is 106. The number of hydrogen-bond acceptors (Lipinski definition) is 3. The van der Waals surface area contributed by atoms with E-state index < -0.39 is 0 Å². The van der Waals surface area contributed by atoms with Crippen molar-refractivity contribution in [2.24, 2.45) is 0 Å². The normalized spacial score (nSPS) is 9.27. The molecule has 0 unspecified atom stereocenters. The molecule has 1 amide bonds. The number of amides is 1. The van der Waals surface area contributed by atoms with Crippen LogP contribution in [-0.2, 0) is 9.47 Å². The highest BCUT2D eigenvalue weighted by Gasteiger charge is 1.96. The first-order valence-electron chi connectivity index (χ1n) is 3.79. The Labute approximate surface area is 66.9 Å². The molecular weight excluding hydrogens is 146 g/mol. The molecular formula is C7H15NO3. The van der Waals surface area contributed by atoms with Gasteiger partial charge in [-0.2, -0.15) is 0 Å². The number of hydrogen-bond donors (Lipinski definition) is 1. The number of ether oxygens (including phenoxy) is 2. The van der Waals surface area contributed by atoms with Crippen molar-refractivity contribution < 1.29 is 14.3 Å². The van der Waals surface area contributed by atoms with Crippen LogP contribution in [0.15, 0.2) is 0 Å². The fourth-order valence-corrected chi connectivity index (χ4v) is 0.533. The quantitative estimate of drug-likeness (QED) is 0.606. The lowest BCUT2D eigenvalue weighted by Gasteiger charge is -2.04. The fraction of sp³-hybridized carbons (Fsp3) is 0.857. The monoisotopic (exact) mass is 161 g/mol. The molecule has 0 fully saturated rings. The van der Waals surface area contributed by atoms with Gasteiger partial charge in [0, 0.05) is 13.2 Å². The average Bonchev–Trinajstić information content (AvgIpc) is 1.99. The van der Waals surface area contributed by atoms with Gasteiger partial charge in [0.2, 0.25) is 0 Å². The second-order valence-corrected chi connectivity index (χ2v) is 1.86. The number of alkyl carbamates (subject to hydrolysis) is 1. The molecule has 0 radical (unpaired) electrons. The van der Waals surface area contributed by atoms with Gasteiger partial charge in [-0.3, -0.25) is 0 Å². The smallest absolute Gasteiger partial charge is 0.407 e. The Morgan fingerprint density at radius 1 is 1.36 bits per heavy atom. The van der Waals surface area contributed by atoms with Crippen molar-refractivity contribution in [2.45, 2.75) is 13.8 Å². The van der Waals surface area contributed by atoms with Gasteiger partial charge < -0.3 is 14.8 Å². The van der Waals surface area contributed by atoms with E-state index in [1.165, 1.54) is 0 Å². The molecule has 0 aromatic rings. The molecule has 0 aliphatic heterocycles. The van der Waals surface area contributed by atoms with Gasteiger partial charge >= 0.3 is 6.09 Å². The molecule has 0 aromatic carbocycles. The summed E-state index contributed by atoms with van der Waals surface area (Å²) in [6.07, 6.45) is -0.382. The van der Waals surface area contributed by atoms with Crippen LogP contribution in [0.4, 0.5) is 4.79 Å². The first-order chi connectivity index (χ1) is 5.31. The SMILES string of the molecule is CCNC(=O)OCCOCC. The summed E-state index contributed by atoms with van der Waals surface area (Å²) in [5.74, 6) is 0. The molecule has 0 heterocycles. The van der Waals surface area contributed by atoms with Crippen LogP contribution < -0.4 is 5.32 Å². The van der Waals surface area contributed by atoms with Gasteiger partial charge in [0.25, 0.3) is 0 Å². The highest BCUT2D eigenvalue weighted by Crippen LogP contribution is 1.79. The molecule has 1 N–H and O–H groups in total. The standard InChI is InChI=1S/C7H15NO3/c1-3-8-7(9)11-6-5-10-4-2/h3-6H2,1-2H3,(H,8,9). The minimum atomic E-state index is -0.382. The molecule has 0 saturated heterocycles. The van der Waals surface area contributed by atoms with Gasteiger partial charge in [0.1, 0.15) is 6.61 Å². The van der Waals surface area contributed by atoms with E-state index in [1.807, 2.05) is 13.8 Å². The molecule has 0 aliphatic rings. The van der Waals surface area contributed by atoms with E-state index in [0.29, 0.717) is 26.4 Å². The Morgan fingerprint density at radius 2 is 2.09 bits per heavy atom. The second kappa shape index (κ2) is 7.34. The van der Waals surface area contributed by atoms with Gasteiger partial charge in [0.05, 0.1) is 6.61 Å². The zero-order valence-corrected chi connectivity index (χ0v) is 7.05. The maximum atomic E-state index is 10.6. The minimum Gasteiger partial charge on any atom is -0.447 e. The predicted octanol–water partition coefficient (Wildman–Crippen LogP) is 0.769. The Kier molecular flexibility index (Phi) is 6.82. The van der Waals surface area contributed by atoms with E-state index >= 15 is 0 Å². The summed E-state index contributed by atoms with van der Waals surface area (Å²) in [5.41, 5.74) is 0. The van der Waals surface area contributed by atoms with Gasteiger partial charge in [0.15, 0.2) is 0 Å². The van der Waals surface area contributed by atoms with Gasteiger partial charge in [-0.25, -0.2) is 4.79 Å². The molecule has 11 heavy (non-hydrogen) atoms. The van der Waals surface area contributed by atoms with E-state index in [9.17, 15) is 4.79 Å². The Hall–Kier alpha value is -0.770.